The molecule has 2 atom stereocenters. The molecule has 1 saturated carbocycles. The first-order chi connectivity index (χ1) is 9.56. The molecular weight excluding hydrogens is 254 g/mol. The first-order valence-electron chi connectivity index (χ1n) is 7.12. The van der Waals surface area contributed by atoms with Gasteiger partial charge in [0, 0.05) is 12.8 Å². The third-order valence-corrected chi connectivity index (χ3v) is 3.63. The van der Waals surface area contributed by atoms with Gasteiger partial charge in [0.25, 0.3) is 0 Å². The van der Waals surface area contributed by atoms with Crippen molar-refractivity contribution in [2.45, 2.75) is 38.6 Å². The Bertz CT molecular complexity index is 468. The van der Waals surface area contributed by atoms with Gasteiger partial charge < -0.3 is 10.4 Å². The second-order valence-electron chi connectivity index (χ2n) is 5.70. The molecule has 20 heavy (non-hydrogen) atoms. The molecule has 1 aromatic carbocycles. The Hall–Kier alpha value is -1.84. The van der Waals surface area contributed by atoms with Crippen molar-refractivity contribution in [3.05, 3.63) is 35.9 Å². The van der Waals surface area contributed by atoms with E-state index in [0.29, 0.717) is 5.92 Å². The van der Waals surface area contributed by atoms with E-state index in [-0.39, 0.29) is 30.7 Å². The maximum Gasteiger partial charge on any atom is 0.303 e. The molecule has 0 bridgehead atoms. The van der Waals surface area contributed by atoms with Crippen LogP contribution >= 0.6 is 0 Å². The number of hydrogen-bond donors (Lipinski definition) is 2. The Labute approximate surface area is 119 Å². The maximum absolute atomic E-state index is 12.0. The number of aliphatic carboxylic acids is 1. The zero-order chi connectivity index (χ0) is 14.5. The average Bonchev–Trinajstić information content (AvgIpc) is 3.20. The van der Waals surface area contributed by atoms with Crippen molar-refractivity contribution in [2.75, 3.05) is 0 Å². The Balaban J connectivity index is 1.92. The minimum absolute atomic E-state index is 0.0346. The van der Waals surface area contributed by atoms with Crippen LogP contribution in [0, 0.1) is 11.8 Å². The van der Waals surface area contributed by atoms with Crippen molar-refractivity contribution in [3.63, 3.8) is 0 Å². The lowest BCUT2D eigenvalue weighted by Crippen LogP contribution is -2.31. The number of hydrogen-bond acceptors (Lipinski definition) is 2. The van der Waals surface area contributed by atoms with Crippen molar-refractivity contribution in [1.29, 1.82) is 0 Å². The molecule has 1 aliphatic rings. The fourth-order valence-corrected chi connectivity index (χ4v) is 2.48. The van der Waals surface area contributed by atoms with Crippen LogP contribution in [0.3, 0.4) is 0 Å². The van der Waals surface area contributed by atoms with E-state index in [0.717, 1.165) is 18.4 Å². The lowest BCUT2D eigenvalue weighted by Gasteiger charge is -2.20. The number of carboxylic acid groups (broad SMARTS) is 1. The molecule has 0 aliphatic heterocycles. The molecule has 1 aliphatic carbocycles. The Morgan fingerprint density at radius 3 is 2.45 bits per heavy atom. The molecule has 4 heteroatoms. The second-order valence-corrected chi connectivity index (χ2v) is 5.70. The van der Waals surface area contributed by atoms with Gasteiger partial charge in [-0.2, -0.15) is 0 Å². The molecule has 1 aromatic rings. The molecule has 0 aromatic heterocycles. The number of carboxylic acids is 1. The standard InChI is InChI=1S/C16H21NO3/c1-11(10-15(19)20)9-14(18)17-16(13-7-8-13)12-5-3-2-4-6-12/h2-6,11,13,16H,7-10H2,1H3,(H,17,18)(H,19,20). The number of amides is 1. The minimum atomic E-state index is -0.855. The summed E-state index contributed by atoms with van der Waals surface area (Å²) in [6.07, 6.45) is 2.59. The quantitative estimate of drug-likeness (QED) is 0.804. The summed E-state index contributed by atoms with van der Waals surface area (Å²) in [5, 5.41) is 11.8. The van der Waals surface area contributed by atoms with E-state index in [1.807, 2.05) is 30.3 Å². The highest BCUT2D eigenvalue weighted by Crippen LogP contribution is 2.41. The van der Waals surface area contributed by atoms with Crippen LogP contribution in [0.5, 0.6) is 0 Å². The topological polar surface area (TPSA) is 66.4 Å². The number of benzene rings is 1. The summed E-state index contributed by atoms with van der Waals surface area (Å²) in [5.74, 6) is -0.522. The van der Waals surface area contributed by atoms with Gasteiger partial charge in [-0.05, 0) is 30.2 Å². The lowest BCUT2D eigenvalue weighted by molar-refractivity contribution is -0.138. The molecule has 2 N–H and O–H groups in total. The molecular formula is C16H21NO3. The zero-order valence-corrected chi connectivity index (χ0v) is 11.7. The van der Waals surface area contributed by atoms with E-state index in [9.17, 15) is 9.59 Å². The van der Waals surface area contributed by atoms with E-state index in [2.05, 4.69) is 5.32 Å². The number of rotatable bonds is 7. The monoisotopic (exact) mass is 275 g/mol. The second kappa shape index (κ2) is 6.55. The van der Waals surface area contributed by atoms with Crippen molar-refractivity contribution >= 4 is 11.9 Å². The van der Waals surface area contributed by atoms with E-state index in [1.165, 1.54) is 0 Å². The van der Waals surface area contributed by atoms with Crippen LogP contribution in [-0.2, 0) is 9.59 Å². The van der Waals surface area contributed by atoms with Gasteiger partial charge in [0.15, 0.2) is 0 Å². The van der Waals surface area contributed by atoms with Crippen LogP contribution in [-0.4, -0.2) is 17.0 Å². The van der Waals surface area contributed by atoms with Crippen LogP contribution in [0.2, 0.25) is 0 Å². The predicted octanol–water partition coefficient (Wildman–Crippen LogP) is 2.75. The molecule has 2 rings (SSSR count). The smallest absolute Gasteiger partial charge is 0.303 e. The molecule has 4 nitrogen and oxygen atoms in total. The molecule has 2 unspecified atom stereocenters. The molecule has 1 fully saturated rings. The average molecular weight is 275 g/mol. The highest BCUT2D eigenvalue weighted by atomic mass is 16.4. The van der Waals surface area contributed by atoms with E-state index < -0.39 is 5.97 Å². The summed E-state index contributed by atoms with van der Waals surface area (Å²) in [7, 11) is 0. The van der Waals surface area contributed by atoms with Gasteiger partial charge in [-0.25, -0.2) is 0 Å². The highest BCUT2D eigenvalue weighted by molar-refractivity contribution is 5.77. The normalized spacial score (nSPS) is 17.2. The molecule has 0 saturated heterocycles. The fraction of sp³-hybridized carbons (Fsp3) is 0.500. The molecule has 1 amide bonds. The maximum atomic E-state index is 12.0. The third-order valence-electron chi connectivity index (χ3n) is 3.63. The van der Waals surface area contributed by atoms with E-state index in [1.54, 1.807) is 6.92 Å². The van der Waals surface area contributed by atoms with Crippen LogP contribution in [0.25, 0.3) is 0 Å². The SMILES string of the molecule is CC(CC(=O)O)CC(=O)NC(c1ccccc1)C1CC1. The van der Waals surface area contributed by atoms with Crippen molar-refractivity contribution in [2.24, 2.45) is 11.8 Å². The van der Waals surface area contributed by atoms with Crippen LogP contribution in [0.4, 0.5) is 0 Å². The summed E-state index contributed by atoms with van der Waals surface area (Å²) in [5.41, 5.74) is 1.13. The lowest BCUT2D eigenvalue weighted by atomic mass is 10.00. The van der Waals surface area contributed by atoms with Crippen LogP contribution in [0.1, 0.15) is 44.2 Å². The van der Waals surface area contributed by atoms with Crippen molar-refractivity contribution in [3.8, 4) is 0 Å². The van der Waals surface area contributed by atoms with Gasteiger partial charge in [-0.3, -0.25) is 9.59 Å². The zero-order valence-electron chi connectivity index (χ0n) is 11.7. The summed E-state index contributed by atoms with van der Waals surface area (Å²) in [6, 6.07) is 10.0. The molecule has 0 spiro atoms. The first kappa shape index (κ1) is 14.6. The minimum Gasteiger partial charge on any atom is -0.481 e. The van der Waals surface area contributed by atoms with Crippen molar-refractivity contribution in [1.82, 2.24) is 5.32 Å². The predicted molar refractivity (Wildman–Crippen MR) is 76.1 cm³/mol. The van der Waals surface area contributed by atoms with Gasteiger partial charge in [-0.15, -0.1) is 0 Å². The highest BCUT2D eigenvalue weighted by Gasteiger charge is 2.33. The molecule has 0 heterocycles. The number of carbonyl (C=O) groups is 2. The van der Waals surface area contributed by atoms with Crippen LogP contribution in [0.15, 0.2) is 30.3 Å². The largest absolute Gasteiger partial charge is 0.481 e. The number of nitrogens with one attached hydrogen (secondary N) is 1. The Morgan fingerprint density at radius 2 is 1.90 bits per heavy atom. The van der Waals surface area contributed by atoms with Gasteiger partial charge in [0.1, 0.15) is 0 Å². The summed E-state index contributed by atoms with van der Waals surface area (Å²) >= 11 is 0. The summed E-state index contributed by atoms with van der Waals surface area (Å²) in [6.45, 7) is 1.79. The van der Waals surface area contributed by atoms with Gasteiger partial charge in [0.2, 0.25) is 5.91 Å². The van der Waals surface area contributed by atoms with Gasteiger partial charge >= 0.3 is 5.97 Å². The first-order valence-corrected chi connectivity index (χ1v) is 7.12. The van der Waals surface area contributed by atoms with E-state index >= 15 is 0 Å². The third kappa shape index (κ3) is 4.37. The van der Waals surface area contributed by atoms with Crippen LogP contribution < -0.4 is 5.32 Å². The van der Waals surface area contributed by atoms with Gasteiger partial charge in [-0.1, -0.05) is 37.3 Å². The summed E-state index contributed by atoms with van der Waals surface area (Å²) < 4.78 is 0. The Kier molecular flexibility index (Phi) is 4.77. The fourth-order valence-electron chi connectivity index (χ4n) is 2.48. The summed E-state index contributed by atoms with van der Waals surface area (Å²) in [4.78, 5) is 22.7. The molecule has 0 radical (unpaired) electrons. The van der Waals surface area contributed by atoms with E-state index in [4.69, 9.17) is 5.11 Å². The Morgan fingerprint density at radius 1 is 1.25 bits per heavy atom. The van der Waals surface area contributed by atoms with Crippen molar-refractivity contribution < 1.29 is 14.7 Å². The van der Waals surface area contributed by atoms with Gasteiger partial charge in [0.05, 0.1) is 6.04 Å². The molecule has 108 valence electrons. The number of carbonyl (C=O) groups excluding carboxylic acids is 1.